The minimum absolute atomic E-state index is 0.120. The van der Waals surface area contributed by atoms with E-state index in [0.29, 0.717) is 6.42 Å². The van der Waals surface area contributed by atoms with Gasteiger partial charge in [-0.15, -0.1) is 11.6 Å². The third kappa shape index (κ3) is 2.02. The van der Waals surface area contributed by atoms with Gasteiger partial charge in [-0.25, -0.2) is 0 Å². The maximum atomic E-state index is 10.5. The lowest BCUT2D eigenvalue weighted by Gasteiger charge is -2.38. The highest BCUT2D eigenvalue weighted by Crippen LogP contribution is 2.45. The Balaban J connectivity index is 2.32. The van der Waals surface area contributed by atoms with Crippen LogP contribution < -0.4 is 0 Å². The van der Waals surface area contributed by atoms with E-state index in [2.05, 4.69) is 15.9 Å². The van der Waals surface area contributed by atoms with Crippen molar-refractivity contribution in [2.75, 3.05) is 0 Å². The van der Waals surface area contributed by atoms with Crippen molar-refractivity contribution in [3.63, 3.8) is 0 Å². The van der Waals surface area contributed by atoms with Crippen LogP contribution in [-0.2, 0) is 0 Å². The molecule has 0 spiro atoms. The van der Waals surface area contributed by atoms with Crippen LogP contribution in [0, 0.1) is 0 Å². The maximum absolute atomic E-state index is 10.5. The number of halogens is 2. The number of allylic oxidation sites excluding steroid dienone is 1. The number of hydrogen-bond acceptors (Lipinski definition) is 1. The summed E-state index contributed by atoms with van der Waals surface area (Å²) in [6, 6.07) is 0. The van der Waals surface area contributed by atoms with Gasteiger partial charge in [0, 0.05) is 9.86 Å². The fourth-order valence-corrected chi connectivity index (χ4v) is 3.73. The van der Waals surface area contributed by atoms with Crippen molar-refractivity contribution in [1.29, 1.82) is 0 Å². The van der Waals surface area contributed by atoms with E-state index in [1.54, 1.807) is 0 Å². The molecule has 0 aromatic carbocycles. The summed E-state index contributed by atoms with van der Waals surface area (Å²) in [5.74, 6) is 0. The summed E-state index contributed by atoms with van der Waals surface area (Å²) in [7, 11) is 0. The van der Waals surface area contributed by atoms with Gasteiger partial charge in [-0.3, -0.25) is 0 Å². The summed E-state index contributed by atoms with van der Waals surface area (Å²) >= 11 is 9.76. The summed E-state index contributed by atoms with van der Waals surface area (Å²) in [4.78, 5) is 0. The van der Waals surface area contributed by atoms with Gasteiger partial charge < -0.3 is 5.11 Å². The van der Waals surface area contributed by atoms with Gasteiger partial charge in [0.2, 0.25) is 0 Å². The van der Waals surface area contributed by atoms with Crippen LogP contribution in [0.25, 0.3) is 0 Å². The van der Waals surface area contributed by atoms with E-state index in [9.17, 15) is 5.11 Å². The summed E-state index contributed by atoms with van der Waals surface area (Å²) < 4.78 is 1.04. The molecular weight excluding hydrogens is 263 g/mol. The Bertz CT molecular complexity index is 264. The van der Waals surface area contributed by atoms with Crippen LogP contribution in [0.5, 0.6) is 0 Å². The molecule has 1 N–H and O–H groups in total. The Morgan fingerprint density at radius 3 is 2.93 bits per heavy atom. The lowest BCUT2D eigenvalue weighted by atomic mass is 9.79. The quantitative estimate of drug-likeness (QED) is 0.670. The molecule has 0 heterocycles. The van der Waals surface area contributed by atoms with E-state index in [-0.39, 0.29) is 5.38 Å². The molecule has 2 aliphatic carbocycles. The highest BCUT2D eigenvalue weighted by atomic mass is 79.9. The third-order valence-electron chi connectivity index (χ3n) is 3.31. The average Bonchev–Trinajstić information content (AvgIpc) is 2.12. The van der Waals surface area contributed by atoms with Crippen LogP contribution >= 0.6 is 27.5 Å². The molecule has 0 aliphatic heterocycles. The highest BCUT2D eigenvalue weighted by molar-refractivity contribution is 9.11. The lowest BCUT2D eigenvalue weighted by molar-refractivity contribution is 0.0566. The summed E-state index contributed by atoms with van der Waals surface area (Å²) in [5.41, 5.74) is 0.693. The van der Waals surface area contributed by atoms with Gasteiger partial charge >= 0.3 is 0 Å². The molecule has 3 heteroatoms. The molecule has 2 aliphatic rings. The molecule has 0 saturated heterocycles. The van der Waals surface area contributed by atoms with Gasteiger partial charge in [-0.05, 0) is 32.1 Å². The normalized spacial score (nSPS) is 39.2. The molecular formula is C11H16BrClO. The zero-order valence-electron chi connectivity index (χ0n) is 8.23. The summed E-state index contributed by atoms with van der Waals surface area (Å²) in [6.07, 6.45) is 7.21. The van der Waals surface area contributed by atoms with Crippen LogP contribution in [0.3, 0.4) is 0 Å². The largest absolute Gasteiger partial charge is 0.385 e. The maximum Gasteiger partial charge on any atom is 0.0974 e. The molecule has 0 aromatic rings. The van der Waals surface area contributed by atoms with Gasteiger partial charge in [0.05, 0.1) is 5.60 Å². The van der Waals surface area contributed by atoms with Crippen LogP contribution in [0.4, 0.5) is 0 Å². The number of fused-ring (bicyclic) bond motifs is 1. The first kappa shape index (κ1) is 11.0. The molecule has 0 fully saturated rings. The molecule has 0 radical (unpaired) electrons. The predicted octanol–water partition coefficient (Wildman–Crippen LogP) is 3.73. The first-order chi connectivity index (χ1) is 6.62. The van der Waals surface area contributed by atoms with Crippen molar-refractivity contribution >= 4 is 27.5 Å². The zero-order valence-corrected chi connectivity index (χ0v) is 10.6. The van der Waals surface area contributed by atoms with Crippen LogP contribution in [0.2, 0.25) is 0 Å². The monoisotopic (exact) mass is 278 g/mol. The third-order valence-corrected chi connectivity index (χ3v) is 4.92. The second-order valence-corrected chi connectivity index (χ2v) is 5.93. The molecule has 14 heavy (non-hydrogen) atoms. The SMILES string of the molecule is O[C@@]12CCCCCC(=C1Br)C[C@H](Cl)C2. The van der Waals surface area contributed by atoms with E-state index >= 15 is 0 Å². The van der Waals surface area contributed by atoms with Gasteiger partial charge in [0.15, 0.2) is 0 Å². The van der Waals surface area contributed by atoms with Crippen molar-refractivity contribution in [2.45, 2.75) is 55.9 Å². The molecule has 2 rings (SSSR count). The topological polar surface area (TPSA) is 20.2 Å². The Labute approximate surface area is 98.7 Å². The average molecular weight is 280 g/mol. The van der Waals surface area contributed by atoms with E-state index in [1.165, 1.54) is 18.4 Å². The Hall–Kier alpha value is 0.470. The van der Waals surface area contributed by atoms with Crippen LogP contribution in [-0.4, -0.2) is 16.1 Å². The van der Waals surface area contributed by atoms with Crippen molar-refractivity contribution in [3.05, 3.63) is 10.1 Å². The standard InChI is InChI=1S/C11H16BrClO/c12-10-8-4-2-1-3-5-11(10,14)7-9(13)6-8/h9,14H,1-7H2/t9-,11+/m0/s1. The second kappa shape index (κ2) is 4.15. The number of aliphatic hydroxyl groups is 1. The predicted molar refractivity (Wildman–Crippen MR) is 62.9 cm³/mol. The van der Waals surface area contributed by atoms with Gasteiger partial charge in [0.25, 0.3) is 0 Å². The minimum atomic E-state index is -0.652. The van der Waals surface area contributed by atoms with Crippen LogP contribution in [0.15, 0.2) is 10.1 Å². The number of alkyl halides is 1. The summed E-state index contributed by atoms with van der Waals surface area (Å²) in [6.45, 7) is 0. The molecule has 0 amide bonds. The fourth-order valence-electron chi connectivity index (χ4n) is 2.57. The van der Waals surface area contributed by atoms with E-state index < -0.39 is 5.60 Å². The highest BCUT2D eigenvalue weighted by Gasteiger charge is 2.39. The van der Waals surface area contributed by atoms with Crippen LogP contribution in [0.1, 0.15) is 44.9 Å². The molecule has 0 aromatic heterocycles. The van der Waals surface area contributed by atoms with Crippen molar-refractivity contribution in [2.24, 2.45) is 0 Å². The molecule has 0 saturated carbocycles. The molecule has 0 unspecified atom stereocenters. The molecule has 1 nitrogen and oxygen atoms in total. The number of hydrogen-bond donors (Lipinski definition) is 1. The van der Waals surface area contributed by atoms with Gasteiger partial charge in [-0.1, -0.05) is 34.3 Å². The first-order valence-corrected chi connectivity index (χ1v) is 6.59. The smallest absolute Gasteiger partial charge is 0.0974 e. The summed E-state index contributed by atoms with van der Waals surface area (Å²) in [5, 5.41) is 10.6. The molecule has 80 valence electrons. The minimum Gasteiger partial charge on any atom is -0.385 e. The van der Waals surface area contributed by atoms with Crippen molar-refractivity contribution < 1.29 is 5.11 Å². The Morgan fingerprint density at radius 2 is 2.14 bits per heavy atom. The van der Waals surface area contributed by atoms with Gasteiger partial charge in [-0.2, -0.15) is 0 Å². The van der Waals surface area contributed by atoms with E-state index in [1.807, 2.05) is 0 Å². The lowest BCUT2D eigenvalue weighted by Crippen LogP contribution is -2.37. The van der Waals surface area contributed by atoms with E-state index in [4.69, 9.17) is 11.6 Å². The number of rotatable bonds is 0. The Morgan fingerprint density at radius 1 is 1.36 bits per heavy atom. The first-order valence-electron chi connectivity index (χ1n) is 5.36. The fraction of sp³-hybridized carbons (Fsp3) is 0.818. The molecule has 2 atom stereocenters. The van der Waals surface area contributed by atoms with E-state index in [0.717, 1.165) is 30.2 Å². The molecule has 2 bridgehead atoms. The van der Waals surface area contributed by atoms with Crippen molar-refractivity contribution in [1.82, 2.24) is 0 Å². The van der Waals surface area contributed by atoms with Crippen molar-refractivity contribution in [3.8, 4) is 0 Å². The van der Waals surface area contributed by atoms with Gasteiger partial charge in [0.1, 0.15) is 0 Å². The second-order valence-electron chi connectivity index (χ2n) is 4.52. The Kier molecular flexibility index (Phi) is 3.25. The zero-order chi connectivity index (χ0) is 10.2.